The molecule has 0 spiro atoms. The summed E-state index contributed by atoms with van der Waals surface area (Å²) in [5, 5.41) is 3.40. The first-order valence-electron chi connectivity index (χ1n) is 7.44. The average molecular weight is 403 g/mol. The van der Waals surface area contributed by atoms with Crippen molar-refractivity contribution >= 4 is 29.9 Å². The molecule has 1 N–H and O–H groups in total. The highest BCUT2D eigenvalue weighted by Crippen LogP contribution is 2.11. The van der Waals surface area contributed by atoms with E-state index in [2.05, 4.69) is 34.3 Å². The largest absolute Gasteiger partial charge is 0.494 e. The molecule has 1 fully saturated rings. The van der Waals surface area contributed by atoms with Crippen LogP contribution in [0.2, 0.25) is 0 Å². The Balaban J connectivity index is 0.00000220. The molecule has 0 radical (unpaired) electrons. The lowest BCUT2D eigenvalue weighted by Gasteiger charge is -2.20. The van der Waals surface area contributed by atoms with E-state index >= 15 is 0 Å². The standard InChI is InChI=1S/C16H25N3O.HI/c1-14-6-8-15(9-7-14)20-13-5-10-18-16(17-2)19-11-3-4-12-19;/h6-9H,3-5,10-13H2,1-2H3,(H,17,18);1H. The van der Waals surface area contributed by atoms with Gasteiger partial charge in [-0.25, -0.2) is 0 Å². The molecule has 0 aromatic heterocycles. The van der Waals surface area contributed by atoms with Gasteiger partial charge in [0.2, 0.25) is 0 Å². The molecule has 118 valence electrons. The van der Waals surface area contributed by atoms with Gasteiger partial charge in [0.05, 0.1) is 6.61 Å². The molecule has 0 saturated carbocycles. The first-order valence-corrected chi connectivity index (χ1v) is 7.44. The summed E-state index contributed by atoms with van der Waals surface area (Å²) in [4.78, 5) is 6.65. The maximum absolute atomic E-state index is 5.71. The molecular formula is C16H26IN3O. The number of halogens is 1. The van der Waals surface area contributed by atoms with Crippen molar-refractivity contribution in [1.29, 1.82) is 0 Å². The number of aryl methyl sites for hydroxylation is 1. The molecule has 1 aromatic rings. The highest BCUT2D eigenvalue weighted by molar-refractivity contribution is 14.0. The third kappa shape index (κ3) is 6.11. The van der Waals surface area contributed by atoms with E-state index in [-0.39, 0.29) is 24.0 Å². The van der Waals surface area contributed by atoms with E-state index in [0.717, 1.165) is 44.4 Å². The summed E-state index contributed by atoms with van der Waals surface area (Å²) in [7, 11) is 1.85. The van der Waals surface area contributed by atoms with Crippen molar-refractivity contribution in [2.45, 2.75) is 26.2 Å². The number of hydrogen-bond donors (Lipinski definition) is 1. The number of ether oxygens (including phenoxy) is 1. The lowest BCUT2D eigenvalue weighted by Crippen LogP contribution is -2.40. The van der Waals surface area contributed by atoms with Gasteiger partial charge < -0.3 is 15.0 Å². The smallest absolute Gasteiger partial charge is 0.193 e. The number of benzene rings is 1. The summed E-state index contributed by atoms with van der Waals surface area (Å²) in [6.07, 6.45) is 3.52. The van der Waals surface area contributed by atoms with Crippen LogP contribution in [-0.4, -0.2) is 44.1 Å². The van der Waals surface area contributed by atoms with Gasteiger partial charge in [0, 0.05) is 26.7 Å². The molecule has 0 unspecified atom stereocenters. The van der Waals surface area contributed by atoms with Crippen LogP contribution in [0.4, 0.5) is 0 Å². The van der Waals surface area contributed by atoms with E-state index in [9.17, 15) is 0 Å². The number of nitrogens with one attached hydrogen (secondary N) is 1. The Bertz CT molecular complexity index is 428. The zero-order chi connectivity index (χ0) is 14.2. The zero-order valence-electron chi connectivity index (χ0n) is 13.0. The second-order valence-corrected chi connectivity index (χ2v) is 5.18. The Morgan fingerprint density at radius 1 is 1.24 bits per heavy atom. The monoisotopic (exact) mass is 403 g/mol. The minimum Gasteiger partial charge on any atom is -0.494 e. The third-order valence-corrected chi connectivity index (χ3v) is 3.51. The highest BCUT2D eigenvalue weighted by atomic mass is 127. The van der Waals surface area contributed by atoms with Gasteiger partial charge in [-0.1, -0.05) is 17.7 Å². The number of hydrogen-bond acceptors (Lipinski definition) is 2. The second kappa shape index (κ2) is 9.87. The molecule has 0 bridgehead atoms. The van der Waals surface area contributed by atoms with Crippen molar-refractivity contribution in [1.82, 2.24) is 10.2 Å². The zero-order valence-corrected chi connectivity index (χ0v) is 15.3. The maximum atomic E-state index is 5.71. The molecule has 2 rings (SSSR count). The molecular weight excluding hydrogens is 377 g/mol. The molecule has 0 aliphatic carbocycles. The van der Waals surface area contributed by atoms with E-state index in [1.54, 1.807) is 0 Å². The first-order chi connectivity index (χ1) is 9.79. The summed E-state index contributed by atoms with van der Waals surface area (Å²) in [5.74, 6) is 1.97. The molecule has 4 nitrogen and oxygen atoms in total. The average Bonchev–Trinajstić information content (AvgIpc) is 2.99. The lowest BCUT2D eigenvalue weighted by molar-refractivity contribution is 0.310. The maximum Gasteiger partial charge on any atom is 0.193 e. The van der Waals surface area contributed by atoms with Crippen LogP contribution in [0, 0.1) is 6.92 Å². The fraction of sp³-hybridized carbons (Fsp3) is 0.562. The van der Waals surface area contributed by atoms with E-state index in [4.69, 9.17) is 4.74 Å². The lowest BCUT2D eigenvalue weighted by atomic mass is 10.2. The van der Waals surface area contributed by atoms with Crippen LogP contribution in [-0.2, 0) is 0 Å². The van der Waals surface area contributed by atoms with Gasteiger partial charge in [0.1, 0.15) is 5.75 Å². The van der Waals surface area contributed by atoms with Crippen LogP contribution in [0.25, 0.3) is 0 Å². The fourth-order valence-electron chi connectivity index (χ4n) is 2.36. The quantitative estimate of drug-likeness (QED) is 0.356. The van der Waals surface area contributed by atoms with Crippen molar-refractivity contribution in [3.63, 3.8) is 0 Å². The van der Waals surface area contributed by atoms with Crippen molar-refractivity contribution in [2.24, 2.45) is 4.99 Å². The van der Waals surface area contributed by atoms with Crippen LogP contribution in [0.1, 0.15) is 24.8 Å². The predicted molar refractivity (Wildman–Crippen MR) is 98.9 cm³/mol. The Kier molecular flexibility index (Phi) is 8.49. The number of guanidine groups is 1. The van der Waals surface area contributed by atoms with Crippen LogP contribution < -0.4 is 10.1 Å². The molecule has 1 aliphatic rings. The van der Waals surface area contributed by atoms with E-state index < -0.39 is 0 Å². The second-order valence-electron chi connectivity index (χ2n) is 5.18. The van der Waals surface area contributed by atoms with E-state index in [1.165, 1.54) is 18.4 Å². The Morgan fingerprint density at radius 3 is 2.52 bits per heavy atom. The van der Waals surface area contributed by atoms with Gasteiger partial charge in [-0.2, -0.15) is 0 Å². The summed E-state index contributed by atoms with van der Waals surface area (Å²) >= 11 is 0. The summed E-state index contributed by atoms with van der Waals surface area (Å²) in [6.45, 7) is 5.96. The summed E-state index contributed by atoms with van der Waals surface area (Å²) in [5.41, 5.74) is 1.26. The van der Waals surface area contributed by atoms with Gasteiger partial charge in [-0.3, -0.25) is 4.99 Å². The molecule has 1 aliphatic heterocycles. The van der Waals surface area contributed by atoms with Crippen LogP contribution in [0.5, 0.6) is 5.75 Å². The Morgan fingerprint density at radius 2 is 1.90 bits per heavy atom. The van der Waals surface area contributed by atoms with Crippen LogP contribution in [0.3, 0.4) is 0 Å². The Labute approximate surface area is 145 Å². The predicted octanol–water partition coefficient (Wildman–Crippen LogP) is 3.05. The summed E-state index contributed by atoms with van der Waals surface area (Å²) < 4.78 is 5.71. The van der Waals surface area contributed by atoms with Crippen molar-refractivity contribution < 1.29 is 4.74 Å². The number of aliphatic imine (C=N–C) groups is 1. The fourth-order valence-corrected chi connectivity index (χ4v) is 2.36. The Hall–Kier alpha value is -0.980. The SMILES string of the molecule is CN=C(NCCCOc1ccc(C)cc1)N1CCCC1.I. The number of nitrogens with zero attached hydrogens (tertiary/aromatic N) is 2. The van der Waals surface area contributed by atoms with Crippen LogP contribution in [0.15, 0.2) is 29.3 Å². The normalized spacial score (nSPS) is 14.8. The molecule has 0 amide bonds. The molecule has 21 heavy (non-hydrogen) atoms. The molecule has 5 heteroatoms. The third-order valence-electron chi connectivity index (χ3n) is 3.51. The van der Waals surface area contributed by atoms with Crippen molar-refractivity contribution in [3.8, 4) is 5.75 Å². The van der Waals surface area contributed by atoms with Gasteiger partial charge in [0.15, 0.2) is 5.96 Å². The van der Waals surface area contributed by atoms with Gasteiger partial charge >= 0.3 is 0 Å². The minimum atomic E-state index is 0. The van der Waals surface area contributed by atoms with Gasteiger partial charge in [-0.05, 0) is 38.3 Å². The highest BCUT2D eigenvalue weighted by Gasteiger charge is 2.14. The van der Waals surface area contributed by atoms with E-state index in [0.29, 0.717) is 0 Å². The molecule has 1 saturated heterocycles. The summed E-state index contributed by atoms with van der Waals surface area (Å²) in [6, 6.07) is 8.18. The topological polar surface area (TPSA) is 36.9 Å². The van der Waals surface area contributed by atoms with Crippen molar-refractivity contribution in [2.75, 3.05) is 33.3 Å². The number of rotatable bonds is 5. The van der Waals surface area contributed by atoms with Crippen LogP contribution >= 0.6 is 24.0 Å². The van der Waals surface area contributed by atoms with E-state index in [1.807, 2.05) is 19.2 Å². The van der Waals surface area contributed by atoms with Crippen molar-refractivity contribution in [3.05, 3.63) is 29.8 Å². The number of likely N-dealkylation sites (tertiary alicyclic amines) is 1. The minimum absolute atomic E-state index is 0. The van der Waals surface area contributed by atoms with Gasteiger partial charge in [-0.15, -0.1) is 24.0 Å². The molecule has 0 atom stereocenters. The molecule has 1 heterocycles. The van der Waals surface area contributed by atoms with Gasteiger partial charge in [0.25, 0.3) is 0 Å². The first kappa shape index (κ1) is 18.1. The molecule has 1 aromatic carbocycles.